The zero-order valence-electron chi connectivity index (χ0n) is 16.9. The number of halogens is 2. The molecule has 7 nitrogen and oxygen atoms in total. The van der Waals surface area contributed by atoms with Crippen LogP contribution in [0.2, 0.25) is 0 Å². The molecule has 10 heteroatoms. The van der Waals surface area contributed by atoms with E-state index < -0.39 is 6.61 Å². The van der Waals surface area contributed by atoms with Gasteiger partial charge < -0.3 is 14.5 Å². The van der Waals surface area contributed by atoms with Gasteiger partial charge in [-0.2, -0.15) is 8.78 Å². The number of ether oxygens (including phenoxy) is 1. The fraction of sp³-hybridized carbons (Fsp3) is 0.136. The summed E-state index contributed by atoms with van der Waals surface area (Å²) in [6, 6.07) is 17.1. The van der Waals surface area contributed by atoms with Gasteiger partial charge in [0.25, 0.3) is 0 Å². The molecule has 0 radical (unpaired) electrons. The van der Waals surface area contributed by atoms with Gasteiger partial charge in [0.2, 0.25) is 5.91 Å². The number of aryl methyl sites for hydroxylation is 1. The summed E-state index contributed by atoms with van der Waals surface area (Å²) < 4.78 is 36.1. The lowest BCUT2D eigenvalue weighted by molar-refractivity contribution is -0.113. The largest absolute Gasteiger partial charge is 0.469 e. The normalized spacial score (nSPS) is 11.0. The first-order chi connectivity index (χ1) is 15.5. The van der Waals surface area contributed by atoms with Crippen LogP contribution >= 0.6 is 11.8 Å². The number of hydrogen-bond acceptors (Lipinski definition) is 6. The van der Waals surface area contributed by atoms with Crippen LogP contribution in [-0.2, 0) is 4.79 Å². The Morgan fingerprint density at radius 1 is 1.12 bits per heavy atom. The fourth-order valence-electron chi connectivity index (χ4n) is 3.01. The van der Waals surface area contributed by atoms with Crippen LogP contribution in [-0.4, -0.2) is 33.0 Å². The Kier molecular flexibility index (Phi) is 6.50. The van der Waals surface area contributed by atoms with Gasteiger partial charge in [-0.05, 0) is 49.4 Å². The molecule has 2 heterocycles. The number of alkyl halides is 2. The molecule has 32 heavy (non-hydrogen) atoms. The van der Waals surface area contributed by atoms with E-state index in [-0.39, 0.29) is 17.4 Å². The lowest BCUT2D eigenvalue weighted by Crippen LogP contribution is -2.14. The van der Waals surface area contributed by atoms with Crippen LogP contribution in [0.15, 0.2) is 76.5 Å². The highest BCUT2D eigenvalue weighted by Gasteiger charge is 2.19. The number of rotatable bonds is 8. The summed E-state index contributed by atoms with van der Waals surface area (Å²) in [5, 5.41) is 11.9. The zero-order valence-corrected chi connectivity index (χ0v) is 17.7. The quantitative estimate of drug-likeness (QED) is 0.369. The number of thioether (sulfide) groups is 1. The summed E-state index contributed by atoms with van der Waals surface area (Å²) in [5.74, 6) is 1.14. The summed E-state index contributed by atoms with van der Waals surface area (Å²) in [6.07, 6.45) is 1.59. The van der Waals surface area contributed by atoms with Gasteiger partial charge in [-0.3, -0.25) is 9.36 Å². The van der Waals surface area contributed by atoms with Crippen LogP contribution in [0.3, 0.4) is 0 Å². The van der Waals surface area contributed by atoms with E-state index >= 15 is 0 Å². The molecule has 4 rings (SSSR count). The van der Waals surface area contributed by atoms with Crippen LogP contribution < -0.4 is 10.1 Å². The van der Waals surface area contributed by atoms with E-state index in [4.69, 9.17) is 4.42 Å². The number of nitrogens with one attached hydrogen (secondary N) is 1. The number of amides is 1. The Balaban J connectivity index is 1.49. The standard InChI is InChI=1S/C22H18F2N4O3S/c1-14-18(11-12-30-14)20-26-27-22(28(20)16-5-3-2-4-6-16)32-13-19(29)25-15-7-9-17(10-8-15)31-21(23)24/h2-12,21H,13H2,1H3,(H,25,29). The summed E-state index contributed by atoms with van der Waals surface area (Å²) in [6.45, 7) is -1.05. The Morgan fingerprint density at radius 3 is 2.53 bits per heavy atom. The van der Waals surface area contributed by atoms with Crippen LogP contribution in [0.25, 0.3) is 17.1 Å². The molecule has 0 spiro atoms. The fourth-order valence-corrected chi connectivity index (χ4v) is 3.76. The molecule has 0 fully saturated rings. The van der Waals surface area contributed by atoms with E-state index in [9.17, 15) is 13.6 Å². The average Bonchev–Trinajstić information content (AvgIpc) is 3.39. The highest BCUT2D eigenvalue weighted by atomic mass is 32.2. The second-order valence-electron chi connectivity index (χ2n) is 6.61. The maximum Gasteiger partial charge on any atom is 0.387 e. The third kappa shape index (κ3) is 4.97. The van der Waals surface area contributed by atoms with Crippen LogP contribution in [0.1, 0.15) is 5.76 Å². The van der Waals surface area contributed by atoms with Crippen molar-refractivity contribution in [1.82, 2.24) is 14.8 Å². The van der Waals surface area contributed by atoms with E-state index in [0.29, 0.717) is 22.4 Å². The van der Waals surface area contributed by atoms with Crippen molar-refractivity contribution in [2.45, 2.75) is 18.7 Å². The van der Waals surface area contributed by atoms with Gasteiger partial charge >= 0.3 is 6.61 Å². The third-order valence-electron chi connectivity index (χ3n) is 4.44. The minimum absolute atomic E-state index is 0.0189. The van der Waals surface area contributed by atoms with Gasteiger partial charge in [0, 0.05) is 11.4 Å². The Morgan fingerprint density at radius 2 is 1.88 bits per heavy atom. The minimum Gasteiger partial charge on any atom is -0.469 e. The number of carbonyl (C=O) groups excluding carboxylic acids is 1. The van der Waals surface area contributed by atoms with Crippen molar-refractivity contribution >= 4 is 23.4 Å². The lowest BCUT2D eigenvalue weighted by Gasteiger charge is -2.10. The predicted octanol–water partition coefficient (Wildman–Crippen LogP) is 5.17. The van der Waals surface area contributed by atoms with E-state index in [1.165, 1.54) is 36.0 Å². The van der Waals surface area contributed by atoms with E-state index in [2.05, 4.69) is 20.3 Å². The van der Waals surface area contributed by atoms with Crippen molar-refractivity contribution in [1.29, 1.82) is 0 Å². The zero-order chi connectivity index (χ0) is 22.5. The number of aromatic nitrogens is 3. The van der Waals surface area contributed by atoms with Crippen molar-refractivity contribution in [3.05, 3.63) is 72.7 Å². The molecule has 0 bridgehead atoms. The van der Waals surface area contributed by atoms with Crippen LogP contribution in [0.4, 0.5) is 14.5 Å². The van der Waals surface area contributed by atoms with Crippen molar-refractivity contribution in [3.8, 4) is 22.8 Å². The highest BCUT2D eigenvalue weighted by molar-refractivity contribution is 7.99. The monoisotopic (exact) mass is 456 g/mol. The molecule has 0 saturated carbocycles. The topological polar surface area (TPSA) is 82.2 Å². The minimum atomic E-state index is -2.90. The number of nitrogens with zero attached hydrogens (tertiary/aromatic N) is 3. The maximum absolute atomic E-state index is 12.4. The number of hydrogen-bond donors (Lipinski definition) is 1. The molecule has 0 aliphatic carbocycles. The maximum atomic E-state index is 12.4. The summed E-state index contributed by atoms with van der Waals surface area (Å²) in [4.78, 5) is 12.4. The summed E-state index contributed by atoms with van der Waals surface area (Å²) >= 11 is 1.23. The van der Waals surface area contributed by atoms with Crippen molar-refractivity contribution in [2.75, 3.05) is 11.1 Å². The highest BCUT2D eigenvalue weighted by Crippen LogP contribution is 2.30. The molecule has 2 aromatic carbocycles. The second-order valence-corrected chi connectivity index (χ2v) is 7.55. The molecule has 0 aliphatic rings. The molecule has 1 N–H and O–H groups in total. The lowest BCUT2D eigenvalue weighted by atomic mass is 10.2. The molecule has 0 unspecified atom stereocenters. The summed E-state index contributed by atoms with van der Waals surface area (Å²) in [5.41, 5.74) is 2.13. The number of para-hydroxylation sites is 1. The molecule has 1 amide bonds. The van der Waals surface area contributed by atoms with Crippen molar-refractivity contribution in [3.63, 3.8) is 0 Å². The predicted molar refractivity (Wildman–Crippen MR) is 116 cm³/mol. The Hall–Kier alpha value is -3.66. The average molecular weight is 456 g/mol. The first kappa shape index (κ1) is 21.6. The molecular formula is C22H18F2N4O3S. The van der Waals surface area contributed by atoms with Gasteiger partial charge in [-0.25, -0.2) is 0 Å². The molecule has 164 valence electrons. The van der Waals surface area contributed by atoms with Gasteiger partial charge in [0.1, 0.15) is 11.5 Å². The van der Waals surface area contributed by atoms with E-state index in [1.807, 2.05) is 47.9 Å². The second kappa shape index (κ2) is 9.65. The molecule has 0 saturated heterocycles. The first-order valence-corrected chi connectivity index (χ1v) is 10.5. The van der Waals surface area contributed by atoms with Gasteiger partial charge in [-0.15, -0.1) is 10.2 Å². The van der Waals surface area contributed by atoms with E-state index in [0.717, 1.165) is 11.3 Å². The molecule has 0 atom stereocenters. The number of anilines is 1. The van der Waals surface area contributed by atoms with E-state index in [1.54, 1.807) is 6.26 Å². The van der Waals surface area contributed by atoms with Crippen LogP contribution in [0, 0.1) is 6.92 Å². The van der Waals surface area contributed by atoms with Crippen molar-refractivity contribution < 1.29 is 22.7 Å². The molecular weight excluding hydrogens is 438 g/mol. The van der Waals surface area contributed by atoms with Gasteiger partial charge in [-0.1, -0.05) is 30.0 Å². The Labute approximate surface area is 186 Å². The number of carbonyl (C=O) groups is 1. The number of benzene rings is 2. The summed E-state index contributed by atoms with van der Waals surface area (Å²) in [7, 11) is 0. The third-order valence-corrected chi connectivity index (χ3v) is 5.37. The Bertz CT molecular complexity index is 1190. The molecule has 0 aliphatic heterocycles. The molecule has 4 aromatic rings. The van der Waals surface area contributed by atoms with Gasteiger partial charge in [0.05, 0.1) is 17.6 Å². The van der Waals surface area contributed by atoms with Crippen molar-refractivity contribution in [2.24, 2.45) is 0 Å². The smallest absolute Gasteiger partial charge is 0.387 e. The molecule has 2 aromatic heterocycles. The van der Waals surface area contributed by atoms with Crippen LogP contribution in [0.5, 0.6) is 5.75 Å². The first-order valence-electron chi connectivity index (χ1n) is 9.54. The SMILES string of the molecule is Cc1occc1-c1nnc(SCC(=O)Nc2ccc(OC(F)F)cc2)n1-c1ccccc1. The van der Waals surface area contributed by atoms with Gasteiger partial charge in [0.15, 0.2) is 11.0 Å². The number of furan rings is 1.